The number of aromatic amines is 1. The van der Waals surface area contributed by atoms with E-state index < -0.39 is 11.6 Å². The zero-order valence-corrected chi connectivity index (χ0v) is 13.0. The van der Waals surface area contributed by atoms with Gasteiger partial charge in [0.15, 0.2) is 0 Å². The minimum absolute atomic E-state index is 0.311. The van der Waals surface area contributed by atoms with Gasteiger partial charge in [-0.1, -0.05) is 0 Å². The number of rotatable bonds is 5. The third-order valence-corrected chi connectivity index (χ3v) is 3.72. The molecule has 0 saturated heterocycles. The first-order chi connectivity index (χ1) is 11.1. The molecule has 4 nitrogen and oxygen atoms in total. The van der Waals surface area contributed by atoms with Crippen molar-refractivity contribution in [2.45, 2.75) is 13.8 Å². The molecule has 0 fully saturated rings. The molecule has 1 heterocycles. The number of benzene rings is 2. The minimum atomic E-state index is -0.632. The normalized spacial score (nSPS) is 11.0. The molecule has 3 aromatic rings. The van der Waals surface area contributed by atoms with Gasteiger partial charge in [0.1, 0.15) is 11.6 Å². The maximum absolute atomic E-state index is 13.2. The van der Waals surface area contributed by atoms with Crippen LogP contribution in [-0.2, 0) is 0 Å². The fraction of sp³-hybridized carbons (Fsp3) is 0.235. The van der Waals surface area contributed by atoms with Crippen LogP contribution in [0.1, 0.15) is 13.8 Å². The Labute approximate surface area is 133 Å². The molecule has 2 N–H and O–H groups in total. The second kappa shape index (κ2) is 6.24. The molecule has 0 atom stereocenters. The zero-order valence-electron chi connectivity index (χ0n) is 13.0. The van der Waals surface area contributed by atoms with Crippen molar-refractivity contribution < 1.29 is 8.78 Å². The Hall–Kier alpha value is -2.63. The number of nitrogens with one attached hydrogen (secondary N) is 2. The van der Waals surface area contributed by atoms with Crippen LogP contribution in [0.5, 0.6) is 0 Å². The van der Waals surface area contributed by atoms with Gasteiger partial charge in [0.2, 0.25) is 5.95 Å². The number of hydrogen-bond acceptors (Lipinski definition) is 3. The van der Waals surface area contributed by atoms with Gasteiger partial charge in [0, 0.05) is 30.5 Å². The fourth-order valence-corrected chi connectivity index (χ4v) is 2.60. The van der Waals surface area contributed by atoms with Gasteiger partial charge in [-0.05, 0) is 44.2 Å². The summed E-state index contributed by atoms with van der Waals surface area (Å²) in [5.74, 6) is -0.818. The quantitative estimate of drug-likeness (QED) is 0.732. The van der Waals surface area contributed by atoms with E-state index in [-0.39, 0.29) is 0 Å². The topological polar surface area (TPSA) is 44.0 Å². The number of halogens is 2. The summed E-state index contributed by atoms with van der Waals surface area (Å²) in [6, 6.07) is 9.25. The van der Waals surface area contributed by atoms with Crippen LogP contribution in [-0.4, -0.2) is 23.1 Å². The molecule has 0 saturated carbocycles. The summed E-state index contributed by atoms with van der Waals surface area (Å²) in [6.07, 6.45) is 0. The van der Waals surface area contributed by atoms with Crippen molar-refractivity contribution in [2.75, 3.05) is 23.3 Å². The second-order valence-electron chi connectivity index (χ2n) is 5.24. The zero-order chi connectivity index (χ0) is 16.4. The van der Waals surface area contributed by atoms with E-state index in [9.17, 15) is 8.78 Å². The molecule has 0 bridgehead atoms. The Balaban J connectivity index is 1.90. The summed E-state index contributed by atoms with van der Waals surface area (Å²) in [7, 11) is 0. The lowest BCUT2D eigenvalue weighted by Gasteiger charge is -2.20. The van der Waals surface area contributed by atoms with E-state index in [1.54, 1.807) is 0 Å². The molecule has 0 amide bonds. The van der Waals surface area contributed by atoms with Gasteiger partial charge in [-0.25, -0.2) is 13.8 Å². The van der Waals surface area contributed by atoms with Crippen molar-refractivity contribution in [2.24, 2.45) is 0 Å². The van der Waals surface area contributed by atoms with Gasteiger partial charge < -0.3 is 15.2 Å². The number of H-pyrrole nitrogens is 1. The SMILES string of the molecule is CCN(CC)c1ccc2[nH]c(Nc3cc(F)cc(F)c3)nc2c1. The van der Waals surface area contributed by atoms with Gasteiger partial charge in [-0.2, -0.15) is 0 Å². The molecular weight excluding hydrogens is 298 g/mol. The summed E-state index contributed by atoms with van der Waals surface area (Å²) in [6.45, 7) is 6.04. The Kier molecular flexibility index (Phi) is 4.14. The molecule has 0 aliphatic heterocycles. The monoisotopic (exact) mass is 316 g/mol. The maximum atomic E-state index is 13.2. The predicted octanol–water partition coefficient (Wildman–Crippen LogP) is 4.43. The van der Waals surface area contributed by atoms with Crippen LogP contribution < -0.4 is 10.2 Å². The van der Waals surface area contributed by atoms with Crippen LogP contribution in [0.15, 0.2) is 36.4 Å². The average Bonchev–Trinajstić information content (AvgIpc) is 2.88. The smallest absolute Gasteiger partial charge is 0.205 e. The summed E-state index contributed by atoms with van der Waals surface area (Å²) < 4.78 is 26.5. The highest BCUT2D eigenvalue weighted by Crippen LogP contribution is 2.24. The Morgan fingerprint density at radius 1 is 1.04 bits per heavy atom. The van der Waals surface area contributed by atoms with E-state index in [0.29, 0.717) is 11.6 Å². The van der Waals surface area contributed by atoms with Gasteiger partial charge in [-0.15, -0.1) is 0 Å². The van der Waals surface area contributed by atoms with Crippen LogP contribution in [0.3, 0.4) is 0 Å². The van der Waals surface area contributed by atoms with Crippen molar-refractivity contribution in [1.82, 2.24) is 9.97 Å². The van der Waals surface area contributed by atoms with Crippen molar-refractivity contribution >= 4 is 28.4 Å². The van der Waals surface area contributed by atoms with Crippen LogP contribution >= 0.6 is 0 Å². The molecule has 0 aliphatic rings. The molecular formula is C17H18F2N4. The van der Waals surface area contributed by atoms with Gasteiger partial charge in [0.25, 0.3) is 0 Å². The number of imidazole rings is 1. The van der Waals surface area contributed by atoms with Gasteiger partial charge >= 0.3 is 0 Å². The number of fused-ring (bicyclic) bond motifs is 1. The Bertz CT molecular complexity index is 804. The van der Waals surface area contributed by atoms with E-state index in [4.69, 9.17) is 0 Å². The maximum Gasteiger partial charge on any atom is 0.205 e. The van der Waals surface area contributed by atoms with E-state index in [0.717, 1.165) is 35.9 Å². The lowest BCUT2D eigenvalue weighted by molar-refractivity contribution is 0.584. The first kappa shape index (κ1) is 15.3. The first-order valence-electron chi connectivity index (χ1n) is 7.57. The van der Waals surface area contributed by atoms with Crippen molar-refractivity contribution in [1.29, 1.82) is 0 Å². The molecule has 6 heteroatoms. The highest BCUT2D eigenvalue weighted by molar-refractivity contribution is 5.82. The summed E-state index contributed by atoms with van der Waals surface area (Å²) in [4.78, 5) is 9.77. The molecule has 120 valence electrons. The largest absolute Gasteiger partial charge is 0.372 e. The molecule has 1 aromatic heterocycles. The van der Waals surface area contributed by atoms with Crippen LogP contribution in [0, 0.1) is 11.6 Å². The number of aromatic nitrogens is 2. The van der Waals surface area contributed by atoms with E-state index in [1.807, 2.05) is 18.2 Å². The van der Waals surface area contributed by atoms with Crippen molar-refractivity contribution in [3.8, 4) is 0 Å². The van der Waals surface area contributed by atoms with Crippen LogP contribution in [0.2, 0.25) is 0 Å². The minimum Gasteiger partial charge on any atom is -0.372 e. The fourth-order valence-electron chi connectivity index (χ4n) is 2.60. The van der Waals surface area contributed by atoms with Gasteiger partial charge in [0.05, 0.1) is 11.0 Å². The van der Waals surface area contributed by atoms with E-state index in [2.05, 4.69) is 34.0 Å². The second-order valence-corrected chi connectivity index (χ2v) is 5.24. The lowest BCUT2D eigenvalue weighted by Crippen LogP contribution is -2.21. The number of hydrogen-bond donors (Lipinski definition) is 2. The van der Waals surface area contributed by atoms with Crippen LogP contribution in [0.25, 0.3) is 11.0 Å². The molecule has 23 heavy (non-hydrogen) atoms. The molecule has 0 aliphatic carbocycles. The first-order valence-corrected chi connectivity index (χ1v) is 7.57. The standard InChI is InChI=1S/C17H18F2N4/c1-3-23(4-2)14-5-6-15-16(10-14)22-17(21-15)20-13-8-11(18)7-12(19)9-13/h5-10H,3-4H2,1-2H3,(H2,20,21,22). The average molecular weight is 316 g/mol. The third-order valence-electron chi connectivity index (χ3n) is 3.72. The molecule has 2 aromatic carbocycles. The number of anilines is 3. The number of nitrogens with zero attached hydrogens (tertiary/aromatic N) is 2. The summed E-state index contributed by atoms with van der Waals surface area (Å²) in [5, 5.41) is 2.89. The predicted molar refractivity (Wildman–Crippen MR) is 89.3 cm³/mol. The summed E-state index contributed by atoms with van der Waals surface area (Å²) >= 11 is 0. The molecule has 3 rings (SSSR count). The van der Waals surface area contributed by atoms with Crippen molar-refractivity contribution in [3.63, 3.8) is 0 Å². The van der Waals surface area contributed by atoms with Crippen LogP contribution in [0.4, 0.5) is 26.1 Å². The van der Waals surface area contributed by atoms with E-state index >= 15 is 0 Å². The molecule has 0 radical (unpaired) electrons. The molecule has 0 unspecified atom stereocenters. The van der Waals surface area contributed by atoms with E-state index in [1.165, 1.54) is 12.1 Å². The lowest BCUT2D eigenvalue weighted by atomic mass is 10.2. The highest BCUT2D eigenvalue weighted by atomic mass is 19.1. The summed E-state index contributed by atoms with van der Waals surface area (Å²) in [5.41, 5.74) is 3.07. The van der Waals surface area contributed by atoms with Crippen molar-refractivity contribution in [3.05, 3.63) is 48.0 Å². The van der Waals surface area contributed by atoms with Gasteiger partial charge in [-0.3, -0.25) is 0 Å². The molecule has 0 spiro atoms. The Morgan fingerprint density at radius 3 is 2.39 bits per heavy atom. The third kappa shape index (κ3) is 3.26. The Morgan fingerprint density at radius 2 is 1.74 bits per heavy atom. The highest BCUT2D eigenvalue weighted by Gasteiger charge is 2.08.